The number of carbonyl (C=O) groups excluding carboxylic acids is 3. The Morgan fingerprint density at radius 3 is 2.50 bits per heavy atom. The van der Waals surface area contributed by atoms with Gasteiger partial charge in [0.25, 0.3) is 5.91 Å². The molecule has 1 atom stereocenters. The van der Waals surface area contributed by atoms with E-state index in [0.717, 1.165) is 0 Å². The van der Waals surface area contributed by atoms with Gasteiger partial charge in [0.15, 0.2) is 0 Å². The molecule has 8 nitrogen and oxygen atoms in total. The van der Waals surface area contributed by atoms with Crippen molar-refractivity contribution in [3.05, 3.63) is 24.3 Å². The topological polar surface area (TPSA) is 127 Å². The van der Waals surface area contributed by atoms with Crippen LogP contribution in [0, 0.1) is 5.92 Å². The molecule has 0 spiro atoms. The van der Waals surface area contributed by atoms with Crippen molar-refractivity contribution in [3.63, 3.8) is 0 Å². The molecule has 0 bridgehead atoms. The number of nitrogens with two attached hydrogens (primary N) is 1. The summed E-state index contributed by atoms with van der Waals surface area (Å²) in [6, 6.07) is -0.768. The van der Waals surface area contributed by atoms with Crippen LogP contribution < -0.4 is 16.4 Å². The van der Waals surface area contributed by atoms with E-state index in [-0.39, 0.29) is 18.2 Å². The molecule has 1 heterocycles. The van der Waals surface area contributed by atoms with Crippen LogP contribution in [0.2, 0.25) is 0 Å². The van der Waals surface area contributed by atoms with Gasteiger partial charge >= 0.3 is 0 Å². The number of hydrogen-bond acceptors (Lipinski definition) is 5. The number of carbonyl (C=O) groups is 3. The summed E-state index contributed by atoms with van der Waals surface area (Å²) in [7, 11) is 0. The molecule has 8 heteroatoms. The van der Waals surface area contributed by atoms with Crippen molar-refractivity contribution in [2.24, 2.45) is 11.7 Å². The summed E-state index contributed by atoms with van der Waals surface area (Å²) < 4.78 is 0. The van der Waals surface area contributed by atoms with Crippen molar-refractivity contribution >= 4 is 17.7 Å². The highest BCUT2D eigenvalue weighted by Gasteiger charge is 2.21. The summed E-state index contributed by atoms with van der Waals surface area (Å²) in [6.07, 6.45) is 4.09. The lowest BCUT2D eigenvalue weighted by Gasteiger charge is -2.18. The molecule has 108 valence electrons. The molecule has 0 aromatic carbocycles. The van der Waals surface area contributed by atoms with Crippen LogP contribution in [0.5, 0.6) is 0 Å². The molecule has 0 fully saturated rings. The maximum Gasteiger partial charge on any atom is 0.271 e. The van der Waals surface area contributed by atoms with Crippen molar-refractivity contribution < 1.29 is 14.4 Å². The van der Waals surface area contributed by atoms with E-state index in [0.29, 0.717) is 0 Å². The lowest BCUT2D eigenvalue weighted by Crippen LogP contribution is -2.50. The molecule has 0 aliphatic carbocycles. The molecule has 3 amide bonds. The van der Waals surface area contributed by atoms with Gasteiger partial charge in [0.05, 0.1) is 12.7 Å². The van der Waals surface area contributed by atoms with Crippen LogP contribution in [0.25, 0.3) is 0 Å². The fraction of sp³-hybridized carbons (Fsp3) is 0.417. The minimum absolute atomic E-state index is 0.107. The molecule has 20 heavy (non-hydrogen) atoms. The lowest BCUT2D eigenvalue weighted by atomic mass is 10.0. The van der Waals surface area contributed by atoms with Gasteiger partial charge < -0.3 is 16.4 Å². The van der Waals surface area contributed by atoms with Crippen molar-refractivity contribution in [1.29, 1.82) is 0 Å². The van der Waals surface area contributed by atoms with Gasteiger partial charge in [0.1, 0.15) is 11.7 Å². The Morgan fingerprint density at radius 2 is 2.00 bits per heavy atom. The quantitative estimate of drug-likeness (QED) is 0.605. The Hall–Kier alpha value is -2.51. The predicted octanol–water partition coefficient (Wildman–Crippen LogP) is -1.17. The summed E-state index contributed by atoms with van der Waals surface area (Å²) >= 11 is 0. The van der Waals surface area contributed by atoms with Crippen LogP contribution in [0.1, 0.15) is 24.3 Å². The van der Waals surface area contributed by atoms with E-state index in [1.165, 1.54) is 18.6 Å². The monoisotopic (exact) mass is 279 g/mol. The van der Waals surface area contributed by atoms with Gasteiger partial charge in [-0.25, -0.2) is 4.98 Å². The third kappa shape index (κ3) is 4.63. The number of aromatic nitrogens is 2. The zero-order valence-electron chi connectivity index (χ0n) is 11.3. The van der Waals surface area contributed by atoms with Gasteiger partial charge in [-0.05, 0) is 5.92 Å². The second-order valence-electron chi connectivity index (χ2n) is 4.46. The van der Waals surface area contributed by atoms with Gasteiger partial charge in [0, 0.05) is 12.4 Å². The number of amides is 3. The smallest absolute Gasteiger partial charge is 0.271 e. The average molecular weight is 279 g/mol. The second-order valence-corrected chi connectivity index (χ2v) is 4.46. The summed E-state index contributed by atoms with van der Waals surface area (Å²) in [5.74, 6) is -1.77. The summed E-state index contributed by atoms with van der Waals surface area (Å²) in [5, 5.41) is 4.83. The van der Waals surface area contributed by atoms with Gasteiger partial charge in [-0.15, -0.1) is 0 Å². The molecule has 4 N–H and O–H groups in total. The molecule has 0 aliphatic heterocycles. The highest BCUT2D eigenvalue weighted by molar-refractivity contribution is 5.95. The van der Waals surface area contributed by atoms with E-state index in [4.69, 9.17) is 5.73 Å². The average Bonchev–Trinajstić information content (AvgIpc) is 2.42. The van der Waals surface area contributed by atoms with E-state index in [2.05, 4.69) is 20.6 Å². The Kier molecular flexibility index (Phi) is 5.57. The molecule has 1 unspecified atom stereocenters. The summed E-state index contributed by atoms with van der Waals surface area (Å²) in [6.45, 7) is 3.24. The molecular formula is C12H17N5O3. The molecular weight excluding hydrogens is 262 g/mol. The Labute approximate surface area is 116 Å². The van der Waals surface area contributed by atoms with Crippen molar-refractivity contribution in [3.8, 4) is 0 Å². The highest BCUT2D eigenvalue weighted by atomic mass is 16.2. The molecule has 0 aliphatic rings. The maximum absolute atomic E-state index is 11.6. The molecule has 1 aromatic heterocycles. The van der Waals surface area contributed by atoms with Gasteiger partial charge in [0.2, 0.25) is 11.8 Å². The zero-order valence-corrected chi connectivity index (χ0v) is 11.3. The Bertz CT molecular complexity index is 489. The number of rotatable bonds is 6. The molecule has 0 saturated heterocycles. The van der Waals surface area contributed by atoms with E-state index < -0.39 is 23.8 Å². The SMILES string of the molecule is CC(C)C(NC(=O)CNC(=O)c1cnccn1)C(N)=O. The van der Waals surface area contributed by atoms with Crippen LogP contribution in [-0.4, -0.2) is 40.3 Å². The van der Waals surface area contributed by atoms with Gasteiger partial charge in [-0.2, -0.15) is 0 Å². The number of nitrogens with zero attached hydrogens (tertiary/aromatic N) is 2. The van der Waals surface area contributed by atoms with Crippen LogP contribution in [0.3, 0.4) is 0 Å². The second kappa shape index (κ2) is 7.17. The van der Waals surface area contributed by atoms with Crippen molar-refractivity contribution in [2.45, 2.75) is 19.9 Å². The maximum atomic E-state index is 11.6. The Morgan fingerprint density at radius 1 is 1.30 bits per heavy atom. The van der Waals surface area contributed by atoms with E-state index in [9.17, 15) is 14.4 Å². The van der Waals surface area contributed by atoms with Gasteiger partial charge in [-0.1, -0.05) is 13.8 Å². The molecule has 0 radical (unpaired) electrons. The first-order valence-corrected chi connectivity index (χ1v) is 6.04. The first-order chi connectivity index (χ1) is 9.41. The van der Waals surface area contributed by atoms with Crippen LogP contribution in [-0.2, 0) is 9.59 Å². The van der Waals surface area contributed by atoms with Crippen molar-refractivity contribution in [1.82, 2.24) is 20.6 Å². The number of nitrogens with one attached hydrogen (secondary N) is 2. The normalized spacial score (nSPS) is 11.8. The molecule has 1 rings (SSSR count). The predicted molar refractivity (Wildman–Crippen MR) is 70.3 cm³/mol. The highest BCUT2D eigenvalue weighted by Crippen LogP contribution is 2.00. The third-order valence-corrected chi connectivity index (χ3v) is 2.49. The third-order valence-electron chi connectivity index (χ3n) is 2.49. The standard InChI is InChI=1S/C12H17N5O3/c1-7(2)10(11(13)19)17-9(18)6-16-12(20)8-5-14-3-4-15-8/h3-5,7,10H,6H2,1-2H3,(H2,13,19)(H,16,20)(H,17,18). The lowest BCUT2D eigenvalue weighted by molar-refractivity contribution is -0.127. The summed E-state index contributed by atoms with van der Waals surface area (Å²) in [5.41, 5.74) is 5.28. The summed E-state index contributed by atoms with van der Waals surface area (Å²) in [4.78, 5) is 41.9. The fourth-order valence-corrected chi connectivity index (χ4v) is 1.46. The van der Waals surface area contributed by atoms with E-state index >= 15 is 0 Å². The first kappa shape index (κ1) is 15.5. The van der Waals surface area contributed by atoms with E-state index in [1.54, 1.807) is 13.8 Å². The van der Waals surface area contributed by atoms with E-state index in [1.807, 2.05) is 0 Å². The Balaban J connectivity index is 2.47. The van der Waals surface area contributed by atoms with Crippen molar-refractivity contribution in [2.75, 3.05) is 6.54 Å². The number of primary amides is 1. The van der Waals surface area contributed by atoms with Crippen LogP contribution >= 0.6 is 0 Å². The number of hydrogen-bond donors (Lipinski definition) is 3. The zero-order chi connectivity index (χ0) is 15.1. The molecule has 1 aromatic rings. The minimum atomic E-state index is -0.768. The fourth-order valence-electron chi connectivity index (χ4n) is 1.46. The first-order valence-electron chi connectivity index (χ1n) is 6.04. The largest absolute Gasteiger partial charge is 0.368 e. The van der Waals surface area contributed by atoms with Crippen LogP contribution in [0.4, 0.5) is 0 Å². The minimum Gasteiger partial charge on any atom is -0.368 e. The van der Waals surface area contributed by atoms with Gasteiger partial charge in [-0.3, -0.25) is 19.4 Å². The van der Waals surface area contributed by atoms with Crippen LogP contribution in [0.15, 0.2) is 18.6 Å². The molecule has 0 saturated carbocycles.